The van der Waals surface area contributed by atoms with Gasteiger partial charge in [-0.3, -0.25) is 9.59 Å². The molecular weight excluding hydrogens is 239 g/mol. The number of halogens is 3. The van der Waals surface area contributed by atoms with Crippen molar-refractivity contribution in [1.82, 2.24) is 5.32 Å². The van der Waals surface area contributed by atoms with Crippen LogP contribution in [0.5, 0.6) is 0 Å². The van der Waals surface area contributed by atoms with Gasteiger partial charge in [-0.05, 0) is 12.3 Å². The lowest BCUT2D eigenvalue weighted by Gasteiger charge is -2.15. The van der Waals surface area contributed by atoms with E-state index >= 15 is 0 Å². The molecule has 1 atom stereocenters. The number of carbonyl (C=O) groups excluding carboxylic acids is 1. The predicted molar refractivity (Wildman–Crippen MR) is 54.3 cm³/mol. The van der Waals surface area contributed by atoms with E-state index in [1.807, 2.05) is 5.32 Å². The number of hydrogen-bond acceptors (Lipinski definition) is 2. The molecule has 0 aromatic rings. The highest BCUT2D eigenvalue weighted by Crippen LogP contribution is 2.19. The van der Waals surface area contributed by atoms with Crippen molar-refractivity contribution in [3.63, 3.8) is 0 Å². The Morgan fingerprint density at radius 2 is 1.82 bits per heavy atom. The Morgan fingerprint density at radius 3 is 2.18 bits per heavy atom. The maximum atomic E-state index is 11.8. The minimum absolute atomic E-state index is 0.0932. The van der Waals surface area contributed by atoms with Crippen LogP contribution in [0.25, 0.3) is 0 Å². The Hall–Kier alpha value is -1.27. The number of alkyl halides is 3. The first-order chi connectivity index (χ1) is 7.61. The molecule has 0 rings (SSSR count). The second-order valence-corrected chi connectivity index (χ2v) is 4.26. The standard InChI is InChI=1S/C10H16F3NO3/c1-6(2)3-7(9(16)17)5-14-8(15)4-10(11,12)13/h6-7H,3-5H2,1-2H3,(H,14,15)(H,16,17). The summed E-state index contributed by atoms with van der Waals surface area (Å²) in [6, 6.07) is 0. The van der Waals surface area contributed by atoms with Gasteiger partial charge < -0.3 is 10.4 Å². The van der Waals surface area contributed by atoms with Crippen LogP contribution in [0.15, 0.2) is 0 Å². The van der Waals surface area contributed by atoms with Crippen molar-refractivity contribution in [2.45, 2.75) is 32.9 Å². The highest BCUT2D eigenvalue weighted by Gasteiger charge is 2.31. The van der Waals surface area contributed by atoms with E-state index in [0.717, 1.165) is 0 Å². The maximum absolute atomic E-state index is 11.8. The van der Waals surface area contributed by atoms with Gasteiger partial charge in [0.05, 0.1) is 5.92 Å². The van der Waals surface area contributed by atoms with Crippen molar-refractivity contribution in [2.75, 3.05) is 6.54 Å². The summed E-state index contributed by atoms with van der Waals surface area (Å²) in [5.41, 5.74) is 0. The Labute approximate surface area is 97.2 Å². The van der Waals surface area contributed by atoms with Crippen LogP contribution in [-0.2, 0) is 9.59 Å². The van der Waals surface area contributed by atoms with E-state index < -0.39 is 30.4 Å². The van der Waals surface area contributed by atoms with Crippen molar-refractivity contribution in [3.05, 3.63) is 0 Å². The number of carboxylic acid groups (broad SMARTS) is 1. The van der Waals surface area contributed by atoms with Crippen LogP contribution in [0.1, 0.15) is 26.7 Å². The highest BCUT2D eigenvalue weighted by molar-refractivity contribution is 5.77. The van der Waals surface area contributed by atoms with Gasteiger partial charge in [0.15, 0.2) is 0 Å². The van der Waals surface area contributed by atoms with Gasteiger partial charge in [-0.25, -0.2) is 0 Å². The number of hydrogen-bond donors (Lipinski definition) is 2. The fraction of sp³-hybridized carbons (Fsp3) is 0.800. The summed E-state index contributed by atoms with van der Waals surface area (Å²) < 4.78 is 35.5. The third-order valence-electron chi connectivity index (χ3n) is 2.01. The third kappa shape index (κ3) is 8.53. The van der Waals surface area contributed by atoms with Crippen LogP contribution in [0.4, 0.5) is 13.2 Å². The molecule has 4 nitrogen and oxygen atoms in total. The monoisotopic (exact) mass is 255 g/mol. The quantitative estimate of drug-likeness (QED) is 0.760. The van der Waals surface area contributed by atoms with Crippen molar-refractivity contribution in [3.8, 4) is 0 Å². The normalized spacial score (nSPS) is 13.5. The summed E-state index contributed by atoms with van der Waals surface area (Å²) in [7, 11) is 0. The van der Waals surface area contributed by atoms with Gasteiger partial charge in [-0.1, -0.05) is 13.8 Å². The van der Waals surface area contributed by atoms with Crippen molar-refractivity contribution >= 4 is 11.9 Å². The lowest BCUT2D eigenvalue weighted by Crippen LogP contribution is -2.35. The molecular formula is C10H16F3NO3. The van der Waals surface area contributed by atoms with E-state index in [9.17, 15) is 22.8 Å². The molecule has 0 aliphatic carbocycles. The minimum atomic E-state index is -4.57. The Bertz CT molecular complexity index is 276. The first kappa shape index (κ1) is 15.7. The lowest BCUT2D eigenvalue weighted by molar-refractivity contribution is -0.154. The van der Waals surface area contributed by atoms with Crippen molar-refractivity contribution in [1.29, 1.82) is 0 Å². The van der Waals surface area contributed by atoms with Gasteiger partial charge in [0, 0.05) is 6.54 Å². The molecule has 0 bridgehead atoms. The Kier molecular flexibility index (Phi) is 5.98. The summed E-state index contributed by atoms with van der Waals surface area (Å²) in [5.74, 6) is -3.08. The molecule has 2 N–H and O–H groups in total. The first-order valence-corrected chi connectivity index (χ1v) is 5.18. The van der Waals surface area contributed by atoms with E-state index in [1.165, 1.54) is 0 Å². The summed E-state index contributed by atoms with van der Waals surface area (Å²) >= 11 is 0. The van der Waals surface area contributed by atoms with Crippen molar-refractivity contribution < 1.29 is 27.9 Å². The zero-order chi connectivity index (χ0) is 13.6. The van der Waals surface area contributed by atoms with Crippen LogP contribution < -0.4 is 5.32 Å². The van der Waals surface area contributed by atoms with E-state index in [1.54, 1.807) is 13.8 Å². The second kappa shape index (κ2) is 6.46. The molecule has 0 saturated heterocycles. The topological polar surface area (TPSA) is 66.4 Å². The fourth-order valence-corrected chi connectivity index (χ4v) is 1.32. The molecule has 0 heterocycles. The fourth-order valence-electron chi connectivity index (χ4n) is 1.32. The summed E-state index contributed by atoms with van der Waals surface area (Å²) in [5, 5.41) is 10.8. The molecule has 0 aromatic carbocycles. The van der Waals surface area contributed by atoms with E-state index in [2.05, 4.69) is 0 Å². The molecule has 0 aliphatic rings. The lowest BCUT2D eigenvalue weighted by atomic mass is 9.97. The molecule has 1 unspecified atom stereocenters. The van der Waals surface area contributed by atoms with E-state index in [0.29, 0.717) is 6.42 Å². The van der Waals surface area contributed by atoms with Crippen molar-refractivity contribution in [2.24, 2.45) is 11.8 Å². The summed E-state index contributed by atoms with van der Waals surface area (Å²) in [4.78, 5) is 21.6. The minimum Gasteiger partial charge on any atom is -0.481 e. The molecule has 17 heavy (non-hydrogen) atoms. The number of amides is 1. The van der Waals surface area contributed by atoms with Crippen LogP contribution in [0, 0.1) is 11.8 Å². The van der Waals surface area contributed by atoms with Crippen LogP contribution in [-0.4, -0.2) is 29.7 Å². The van der Waals surface area contributed by atoms with Crippen LogP contribution in [0.3, 0.4) is 0 Å². The summed E-state index contributed by atoms with van der Waals surface area (Å²) in [6.07, 6.45) is -5.84. The largest absolute Gasteiger partial charge is 0.481 e. The van der Waals surface area contributed by atoms with Crippen LogP contribution in [0.2, 0.25) is 0 Å². The molecule has 0 aliphatic heterocycles. The number of rotatable bonds is 6. The van der Waals surface area contributed by atoms with Gasteiger partial charge in [-0.15, -0.1) is 0 Å². The number of nitrogens with one attached hydrogen (secondary N) is 1. The Balaban J connectivity index is 4.13. The molecule has 0 spiro atoms. The molecule has 0 aromatic heterocycles. The van der Waals surface area contributed by atoms with Gasteiger partial charge in [0.2, 0.25) is 5.91 Å². The molecule has 0 radical (unpaired) electrons. The average molecular weight is 255 g/mol. The van der Waals surface area contributed by atoms with Gasteiger partial charge >= 0.3 is 12.1 Å². The third-order valence-corrected chi connectivity index (χ3v) is 2.01. The molecule has 0 saturated carbocycles. The molecule has 1 amide bonds. The Morgan fingerprint density at radius 1 is 1.29 bits per heavy atom. The van der Waals surface area contributed by atoms with E-state index in [4.69, 9.17) is 5.11 Å². The van der Waals surface area contributed by atoms with E-state index in [-0.39, 0.29) is 12.5 Å². The maximum Gasteiger partial charge on any atom is 0.397 e. The zero-order valence-electron chi connectivity index (χ0n) is 9.67. The predicted octanol–water partition coefficient (Wildman–Crippen LogP) is 1.80. The second-order valence-electron chi connectivity index (χ2n) is 4.26. The average Bonchev–Trinajstić information content (AvgIpc) is 2.08. The van der Waals surface area contributed by atoms with Gasteiger partial charge in [-0.2, -0.15) is 13.2 Å². The highest BCUT2D eigenvalue weighted by atomic mass is 19.4. The first-order valence-electron chi connectivity index (χ1n) is 5.18. The number of carboxylic acids is 1. The molecule has 0 fully saturated rings. The van der Waals surface area contributed by atoms with Gasteiger partial charge in [0.25, 0.3) is 0 Å². The smallest absolute Gasteiger partial charge is 0.397 e. The number of aliphatic carboxylic acids is 1. The summed E-state index contributed by atoms with van der Waals surface area (Å²) in [6.45, 7) is 3.32. The molecule has 100 valence electrons. The number of carbonyl (C=O) groups is 2. The molecule has 7 heteroatoms. The van der Waals surface area contributed by atoms with Gasteiger partial charge in [0.1, 0.15) is 6.42 Å². The zero-order valence-corrected chi connectivity index (χ0v) is 9.67. The van der Waals surface area contributed by atoms with Crippen LogP contribution >= 0.6 is 0 Å². The SMILES string of the molecule is CC(C)CC(CNC(=O)CC(F)(F)F)C(=O)O.